The Bertz CT molecular complexity index is 2170. The van der Waals surface area contributed by atoms with Gasteiger partial charge in [0.2, 0.25) is 5.91 Å². The summed E-state index contributed by atoms with van der Waals surface area (Å²) >= 11 is -0.193. The lowest BCUT2D eigenvalue weighted by Crippen LogP contribution is -2.74. The third-order valence-electron chi connectivity index (χ3n) is 9.09. The van der Waals surface area contributed by atoms with Crippen molar-refractivity contribution in [3.05, 3.63) is 100 Å². The van der Waals surface area contributed by atoms with Crippen LogP contribution in [-0.2, 0) is 25.8 Å². The molecule has 1 unspecified atom stereocenters. The zero-order valence-corrected chi connectivity index (χ0v) is 30.4. The van der Waals surface area contributed by atoms with E-state index in [4.69, 9.17) is 0 Å². The van der Waals surface area contributed by atoms with E-state index in [1.165, 1.54) is 48.5 Å². The van der Waals surface area contributed by atoms with E-state index in [1.807, 2.05) is 0 Å². The van der Waals surface area contributed by atoms with Gasteiger partial charge >= 0.3 is 47.6 Å². The molecule has 4 rings (SSSR count). The molecule has 1 amide bonds. The van der Waals surface area contributed by atoms with Crippen molar-refractivity contribution in [2.45, 2.75) is 70.1 Å². The quantitative estimate of drug-likeness (QED) is 0.0760. The monoisotopic (exact) mass is 914 g/mol. The fourth-order valence-corrected chi connectivity index (χ4v) is 8.60. The number of halogens is 17. The highest BCUT2D eigenvalue weighted by molar-refractivity contribution is 8.01. The third-order valence-corrected chi connectivity index (χ3v) is 12.2. The molecule has 1 aliphatic rings. The standard InChI is InChI=1S/C33H23F17N2O5S2/c34-26(35,27(36,37)28(38,39)29(40,41)30(42,43)31(44,45)32(46,47)33(48,49)50)14-16-58-25(18-19-8-4-6-12-22(19)52(54)55)21-11-5-7-13-23(21)51(24(25)53)15-17-59(56,57)20-9-2-1-3-10-20/h1-13H,14-18H2. The number of rotatable bonds is 17. The summed E-state index contributed by atoms with van der Waals surface area (Å²) in [6.45, 7) is -0.742. The molecule has 0 saturated heterocycles. The van der Waals surface area contributed by atoms with Crippen LogP contribution in [0.25, 0.3) is 0 Å². The smallest absolute Gasteiger partial charge is 0.310 e. The zero-order chi connectivity index (χ0) is 45.1. The zero-order valence-electron chi connectivity index (χ0n) is 28.7. The van der Waals surface area contributed by atoms with Crippen LogP contribution in [0.2, 0.25) is 0 Å². The fraction of sp³-hybridized carbons (Fsp3) is 0.424. The van der Waals surface area contributed by atoms with Crippen LogP contribution in [0.5, 0.6) is 0 Å². The molecule has 1 aliphatic heterocycles. The Kier molecular flexibility index (Phi) is 12.3. The van der Waals surface area contributed by atoms with E-state index in [9.17, 15) is 89.2 Å². The van der Waals surface area contributed by atoms with Gasteiger partial charge in [-0.1, -0.05) is 54.6 Å². The Morgan fingerprint density at radius 2 is 1.12 bits per heavy atom. The Labute approximate surface area is 324 Å². The lowest BCUT2D eigenvalue weighted by molar-refractivity contribution is -0.461. The summed E-state index contributed by atoms with van der Waals surface area (Å²) in [6.07, 6.45) is -11.7. The van der Waals surface area contributed by atoms with Crippen LogP contribution in [0.4, 0.5) is 86.0 Å². The van der Waals surface area contributed by atoms with Gasteiger partial charge in [0.1, 0.15) is 4.75 Å². The summed E-state index contributed by atoms with van der Waals surface area (Å²) in [4.78, 5) is 25.7. The van der Waals surface area contributed by atoms with E-state index in [1.54, 1.807) is 0 Å². The molecule has 0 N–H and O–H groups in total. The number of sulfone groups is 1. The number of para-hydroxylation sites is 2. The molecule has 59 heavy (non-hydrogen) atoms. The largest absolute Gasteiger partial charge is 0.460 e. The Morgan fingerprint density at radius 1 is 0.644 bits per heavy atom. The predicted molar refractivity (Wildman–Crippen MR) is 174 cm³/mol. The highest BCUT2D eigenvalue weighted by Crippen LogP contribution is 2.64. The summed E-state index contributed by atoms with van der Waals surface area (Å²) in [6, 6.07) is 15.5. The summed E-state index contributed by atoms with van der Waals surface area (Å²) in [5.41, 5.74) is -1.61. The molecule has 0 spiro atoms. The van der Waals surface area contributed by atoms with E-state index in [0.29, 0.717) is 0 Å². The molecule has 26 heteroatoms. The minimum atomic E-state index is -8.80. The van der Waals surface area contributed by atoms with Gasteiger partial charge < -0.3 is 4.90 Å². The van der Waals surface area contributed by atoms with E-state index >= 15 is 8.78 Å². The highest BCUT2D eigenvalue weighted by Gasteiger charge is 2.95. The van der Waals surface area contributed by atoms with Gasteiger partial charge in [0.05, 0.1) is 15.6 Å². The average molecular weight is 915 g/mol. The van der Waals surface area contributed by atoms with Crippen molar-refractivity contribution in [2.24, 2.45) is 0 Å². The maximum atomic E-state index is 15.0. The van der Waals surface area contributed by atoms with Gasteiger partial charge in [-0.05, 0) is 18.2 Å². The number of hydrogen-bond donors (Lipinski definition) is 0. The molecule has 0 fully saturated rings. The van der Waals surface area contributed by atoms with Crippen molar-refractivity contribution < 1.29 is 92.8 Å². The second kappa shape index (κ2) is 15.3. The number of carbonyl (C=O) groups is 1. The summed E-state index contributed by atoms with van der Waals surface area (Å²) < 4.78 is 260. The van der Waals surface area contributed by atoms with Crippen molar-refractivity contribution in [3.63, 3.8) is 0 Å². The number of anilines is 1. The molecule has 0 saturated carbocycles. The van der Waals surface area contributed by atoms with Gasteiger partial charge in [-0.25, -0.2) is 8.42 Å². The first kappa shape index (κ1) is 47.3. The topological polar surface area (TPSA) is 97.6 Å². The minimum absolute atomic E-state index is 0.193. The van der Waals surface area contributed by atoms with Gasteiger partial charge in [-0.15, -0.1) is 11.8 Å². The van der Waals surface area contributed by atoms with Crippen LogP contribution in [-0.4, -0.2) is 84.9 Å². The molecular weight excluding hydrogens is 891 g/mol. The van der Waals surface area contributed by atoms with E-state index in [-0.39, 0.29) is 33.5 Å². The van der Waals surface area contributed by atoms with Crippen molar-refractivity contribution in [1.82, 2.24) is 0 Å². The first-order valence-corrected chi connectivity index (χ1v) is 18.6. The lowest BCUT2D eigenvalue weighted by atomic mass is 9.88. The lowest BCUT2D eigenvalue weighted by Gasteiger charge is -2.43. The van der Waals surface area contributed by atoms with Crippen molar-refractivity contribution in [3.8, 4) is 0 Å². The van der Waals surface area contributed by atoms with Crippen LogP contribution in [0.1, 0.15) is 17.5 Å². The number of benzene rings is 3. The SMILES string of the molecule is O=C1N(CCS(=O)(=O)c2ccccc2)c2ccccc2C1(Cc1ccccc1[N+](=O)[O-])SCCC(F)(F)C(F)(F)C(F)(F)C(F)(F)C(F)(F)C(F)(F)C(F)(F)C(F)(F)F. The van der Waals surface area contributed by atoms with E-state index in [2.05, 4.69) is 0 Å². The molecule has 0 radical (unpaired) electrons. The minimum Gasteiger partial charge on any atom is -0.310 e. The second-order valence-electron chi connectivity index (χ2n) is 12.7. The summed E-state index contributed by atoms with van der Waals surface area (Å²) in [5, 5.41) is 11.8. The summed E-state index contributed by atoms with van der Waals surface area (Å²) in [7, 11) is -4.20. The van der Waals surface area contributed by atoms with Gasteiger partial charge in [0.15, 0.2) is 9.84 Å². The normalized spacial score (nSPS) is 17.6. The maximum absolute atomic E-state index is 15.0. The second-order valence-corrected chi connectivity index (χ2v) is 16.2. The number of amides is 1. The Balaban J connectivity index is 1.75. The van der Waals surface area contributed by atoms with Gasteiger partial charge in [-0.3, -0.25) is 14.9 Å². The average Bonchev–Trinajstić information content (AvgIpc) is 3.36. The molecule has 1 heterocycles. The molecule has 3 aromatic rings. The number of hydrogen-bond acceptors (Lipinski definition) is 6. The molecule has 326 valence electrons. The van der Waals surface area contributed by atoms with E-state index < -0.39 is 110 Å². The number of alkyl halides is 17. The number of fused-ring (bicyclic) bond motifs is 1. The fourth-order valence-electron chi connectivity index (χ4n) is 5.85. The van der Waals surface area contributed by atoms with Gasteiger partial charge in [-0.2, -0.15) is 74.6 Å². The third kappa shape index (κ3) is 7.55. The number of thioether (sulfide) groups is 1. The Hall–Kier alpha value is -4.36. The number of nitrogens with zero attached hydrogens (tertiary/aromatic N) is 2. The molecule has 0 aliphatic carbocycles. The molecule has 0 bridgehead atoms. The molecule has 0 aromatic heterocycles. The molecule has 7 nitrogen and oxygen atoms in total. The molecule has 1 atom stereocenters. The first-order valence-electron chi connectivity index (χ1n) is 16.0. The van der Waals surface area contributed by atoms with Crippen LogP contribution >= 0.6 is 11.8 Å². The predicted octanol–water partition coefficient (Wildman–Crippen LogP) is 9.99. The van der Waals surface area contributed by atoms with Crippen LogP contribution in [0, 0.1) is 10.1 Å². The van der Waals surface area contributed by atoms with Crippen LogP contribution < -0.4 is 4.90 Å². The van der Waals surface area contributed by atoms with Crippen molar-refractivity contribution in [2.75, 3.05) is 23.0 Å². The maximum Gasteiger partial charge on any atom is 0.460 e. The summed E-state index contributed by atoms with van der Waals surface area (Å²) in [5.74, 6) is -61.7. The highest BCUT2D eigenvalue weighted by atomic mass is 32.2. The van der Waals surface area contributed by atoms with E-state index in [0.717, 1.165) is 35.2 Å². The van der Waals surface area contributed by atoms with Gasteiger partial charge in [0, 0.05) is 48.0 Å². The van der Waals surface area contributed by atoms with Crippen LogP contribution in [0.15, 0.2) is 83.8 Å². The molecule has 3 aromatic carbocycles. The Morgan fingerprint density at radius 3 is 1.66 bits per heavy atom. The van der Waals surface area contributed by atoms with Crippen LogP contribution in [0.3, 0.4) is 0 Å². The number of carbonyl (C=O) groups excluding carboxylic acids is 1. The van der Waals surface area contributed by atoms with Crippen molar-refractivity contribution >= 4 is 38.9 Å². The van der Waals surface area contributed by atoms with Crippen molar-refractivity contribution in [1.29, 1.82) is 0 Å². The number of nitro groups is 1. The van der Waals surface area contributed by atoms with Gasteiger partial charge in [0.25, 0.3) is 5.69 Å². The first-order chi connectivity index (χ1) is 26.7. The molecular formula is C33H23F17N2O5S2. The number of nitro benzene ring substituents is 1.